The highest BCUT2D eigenvalue weighted by molar-refractivity contribution is 5.92. The maximum absolute atomic E-state index is 13.8. The van der Waals surface area contributed by atoms with Gasteiger partial charge >= 0.3 is 6.09 Å². The van der Waals surface area contributed by atoms with Crippen LogP contribution in [0.25, 0.3) is 0 Å². The second kappa shape index (κ2) is 8.68. The lowest BCUT2D eigenvalue weighted by Crippen LogP contribution is -2.42. The zero-order valence-corrected chi connectivity index (χ0v) is 17.2. The van der Waals surface area contributed by atoms with Crippen LogP contribution in [0, 0.1) is 5.82 Å². The third-order valence-electron chi connectivity index (χ3n) is 4.92. The van der Waals surface area contributed by atoms with E-state index in [1.807, 2.05) is 37.6 Å². The molecule has 2 aromatic rings. The van der Waals surface area contributed by atoms with Crippen LogP contribution in [0.15, 0.2) is 42.6 Å². The molecule has 0 unspecified atom stereocenters. The summed E-state index contributed by atoms with van der Waals surface area (Å²) in [5, 5.41) is 2.79. The first-order valence-corrected chi connectivity index (χ1v) is 9.91. The summed E-state index contributed by atoms with van der Waals surface area (Å²) in [7, 11) is 0. The number of hydrogen-bond donors (Lipinski definition) is 1. The number of likely N-dealkylation sites (tertiary alicyclic amines) is 1. The molecule has 7 heteroatoms. The van der Waals surface area contributed by atoms with Crippen molar-refractivity contribution in [2.75, 3.05) is 13.1 Å². The van der Waals surface area contributed by atoms with Crippen LogP contribution in [0.5, 0.6) is 0 Å². The van der Waals surface area contributed by atoms with E-state index in [9.17, 15) is 14.0 Å². The molecule has 29 heavy (non-hydrogen) atoms. The molecule has 2 heterocycles. The van der Waals surface area contributed by atoms with Gasteiger partial charge in [0.2, 0.25) is 0 Å². The van der Waals surface area contributed by atoms with Crippen molar-refractivity contribution in [1.82, 2.24) is 14.8 Å². The Bertz CT molecular complexity index is 864. The third kappa shape index (κ3) is 5.37. The Hall–Kier alpha value is -2.83. The number of hydrogen-bond acceptors (Lipinski definition) is 3. The molecule has 1 aromatic carbocycles. The van der Waals surface area contributed by atoms with Crippen molar-refractivity contribution in [2.24, 2.45) is 0 Å². The van der Waals surface area contributed by atoms with E-state index >= 15 is 0 Å². The molecule has 0 radical (unpaired) electrons. The van der Waals surface area contributed by atoms with Crippen LogP contribution in [0.1, 0.15) is 55.7 Å². The van der Waals surface area contributed by atoms with Crippen LogP contribution in [-0.4, -0.2) is 40.2 Å². The van der Waals surface area contributed by atoms with Gasteiger partial charge in [0.05, 0.1) is 0 Å². The van der Waals surface area contributed by atoms with E-state index in [0.29, 0.717) is 24.3 Å². The minimum absolute atomic E-state index is 0.123. The van der Waals surface area contributed by atoms with Crippen molar-refractivity contribution < 1.29 is 18.7 Å². The summed E-state index contributed by atoms with van der Waals surface area (Å²) in [6.07, 6.45) is 3.06. The van der Waals surface area contributed by atoms with Crippen molar-refractivity contribution in [3.05, 3.63) is 59.7 Å². The molecule has 1 aliphatic heterocycles. The molecule has 0 spiro atoms. The molecule has 0 saturated carbocycles. The standard InChI is InChI=1S/C22H28FN3O3/c1-22(2,3)29-21(28)25-13-10-17(11-14-25)26-12-6-9-19(26)20(27)24-15-16-7-4-5-8-18(16)23/h4-9,12,17H,10-11,13-15H2,1-3H3,(H,24,27). The molecule has 1 aliphatic rings. The molecule has 1 fully saturated rings. The fourth-order valence-electron chi connectivity index (χ4n) is 3.47. The molecular weight excluding hydrogens is 373 g/mol. The van der Waals surface area contributed by atoms with E-state index in [4.69, 9.17) is 4.74 Å². The van der Waals surface area contributed by atoms with Gasteiger partial charge in [-0.2, -0.15) is 0 Å². The van der Waals surface area contributed by atoms with E-state index < -0.39 is 5.60 Å². The SMILES string of the molecule is CC(C)(C)OC(=O)N1CCC(n2cccc2C(=O)NCc2ccccc2F)CC1. The maximum atomic E-state index is 13.8. The van der Waals surface area contributed by atoms with Gasteiger partial charge in [-0.05, 0) is 51.8 Å². The molecule has 0 bridgehead atoms. The average Bonchev–Trinajstić information content (AvgIpc) is 3.16. The van der Waals surface area contributed by atoms with Crippen molar-refractivity contribution in [2.45, 2.75) is 51.8 Å². The van der Waals surface area contributed by atoms with E-state index in [1.165, 1.54) is 6.07 Å². The molecule has 1 N–H and O–H groups in total. The Morgan fingerprint density at radius 2 is 1.83 bits per heavy atom. The van der Waals surface area contributed by atoms with Gasteiger partial charge in [0.1, 0.15) is 17.1 Å². The number of carbonyl (C=O) groups excluding carboxylic acids is 2. The van der Waals surface area contributed by atoms with Crippen LogP contribution in [0.2, 0.25) is 0 Å². The van der Waals surface area contributed by atoms with E-state index in [1.54, 1.807) is 29.2 Å². The summed E-state index contributed by atoms with van der Waals surface area (Å²) in [5.41, 5.74) is 0.472. The predicted octanol–water partition coefficient (Wildman–Crippen LogP) is 4.13. The molecule has 156 valence electrons. The van der Waals surface area contributed by atoms with Crippen molar-refractivity contribution in [3.8, 4) is 0 Å². The predicted molar refractivity (Wildman–Crippen MR) is 108 cm³/mol. The van der Waals surface area contributed by atoms with Gasteiger partial charge in [-0.1, -0.05) is 18.2 Å². The van der Waals surface area contributed by atoms with Crippen LogP contribution in [-0.2, 0) is 11.3 Å². The molecule has 0 atom stereocenters. The topological polar surface area (TPSA) is 63.6 Å². The van der Waals surface area contributed by atoms with Crippen molar-refractivity contribution >= 4 is 12.0 Å². The van der Waals surface area contributed by atoms with Gasteiger partial charge in [-0.25, -0.2) is 9.18 Å². The maximum Gasteiger partial charge on any atom is 0.410 e. The number of halogens is 1. The number of rotatable bonds is 4. The number of nitrogens with one attached hydrogen (secondary N) is 1. The molecule has 0 aliphatic carbocycles. The van der Waals surface area contributed by atoms with Crippen LogP contribution < -0.4 is 5.32 Å². The summed E-state index contributed by atoms with van der Waals surface area (Å²) in [4.78, 5) is 26.6. The summed E-state index contributed by atoms with van der Waals surface area (Å²) in [5.74, 6) is -0.578. The van der Waals surface area contributed by atoms with E-state index in [-0.39, 0.29) is 30.4 Å². The number of nitrogens with zero attached hydrogens (tertiary/aromatic N) is 2. The lowest BCUT2D eigenvalue weighted by atomic mass is 10.0. The summed E-state index contributed by atoms with van der Waals surface area (Å²) in [6.45, 7) is 6.84. The Morgan fingerprint density at radius 1 is 1.14 bits per heavy atom. The second-order valence-corrected chi connectivity index (χ2v) is 8.27. The minimum Gasteiger partial charge on any atom is -0.444 e. The number of amides is 2. The zero-order valence-electron chi connectivity index (χ0n) is 17.2. The summed E-state index contributed by atoms with van der Waals surface area (Å²) in [6, 6.07) is 10.1. The van der Waals surface area contributed by atoms with Gasteiger partial charge in [-0.15, -0.1) is 0 Å². The Balaban J connectivity index is 1.58. The number of benzene rings is 1. The fraction of sp³-hybridized carbons (Fsp3) is 0.455. The molecular formula is C22H28FN3O3. The summed E-state index contributed by atoms with van der Waals surface area (Å²) < 4.78 is 21.1. The number of ether oxygens (including phenoxy) is 1. The highest BCUT2D eigenvalue weighted by atomic mass is 19.1. The second-order valence-electron chi connectivity index (χ2n) is 8.27. The van der Waals surface area contributed by atoms with Gasteiger partial charge in [0, 0.05) is 37.4 Å². The first-order chi connectivity index (χ1) is 13.7. The first kappa shape index (κ1) is 20.9. The lowest BCUT2D eigenvalue weighted by Gasteiger charge is -2.34. The smallest absolute Gasteiger partial charge is 0.410 e. The monoisotopic (exact) mass is 401 g/mol. The highest BCUT2D eigenvalue weighted by Gasteiger charge is 2.28. The zero-order chi connectivity index (χ0) is 21.0. The van der Waals surface area contributed by atoms with Gasteiger partial charge < -0.3 is 19.5 Å². The number of aromatic nitrogens is 1. The summed E-state index contributed by atoms with van der Waals surface area (Å²) >= 11 is 0. The average molecular weight is 401 g/mol. The first-order valence-electron chi connectivity index (χ1n) is 9.91. The van der Waals surface area contributed by atoms with Gasteiger partial charge in [0.25, 0.3) is 5.91 Å². The van der Waals surface area contributed by atoms with Gasteiger partial charge in [0.15, 0.2) is 0 Å². The Labute approximate surface area is 170 Å². The minimum atomic E-state index is -0.516. The number of carbonyl (C=O) groups is 2. The molecule has 3 rings (SSSR count). The molecule has 6 nitrogen and oxygen atoms in total. The van der Waals surface area contributed by atoms with Crippen molar-refractivity contribution in [1.29, 1.82) is 0 Å². The van der Waals surface area contributed by atoms with E-state index in [2.05, 4.69) is 5.32 Å². The third-order valence-corrected chi connectivity index (χ3v) is 4.92. The van der Waals surface area contributed by atoms with Crippen molar-refractivity contribution in [3.63, 3.8) is 0 Å². The largest absolute Gasteiger partial charge is 0.444 e. The van der Waals surface area contributed by atoms with Crippen LogP contribution in [0.3, 0.4) is 0 Å². The van der Waals surface area contributed by atoms with E-state index in [0.717, 1.165) is 12.8 Å². The molecule has 1 aromatic heterocycles. The lowest BCUT2D eigenvalue weighted by molar-refractivity contribution is 0.0187. The molecule has 2 amide bonds. The van der Waals surface area contributed by atoms with Crippen LogP contribution >= 0.6 is 0 Å². The highest BCUT2D eigenvalue weighted by Crippen LogP contribution is 2.25. The van der Waals surface area contributed by atoms with Gasteiger partial charge in [-0.3, -0.25) is 4.79 Å². The fourth-order valence-corrected chi connectivity index (χ4v) is 3.47. The molecule has 1 saturated heterocycles. The quantitative estimate of drug-likeness (QED) is 0.838. The Kier molecular flexibility index (Phi) is 6.25. The Morgan fingerprint density at radius 3 is 2.48 bits per heavy atom. The normalized spacial score (nSPS) is 15.2. The van der Waals surface area contributed by atoms with Crippen LogP contribution in [0.4, 0.5) is 9.18 Å². The number of piperidine rings is 1.